The summed E-state index contributed by atoms with van der Waals surface area (Å²) in [7, 11) is 0. The smallest absolute Gasteiger partial charge is 0.0998 e. The molecule has 62 heavy (non-hydrogen) atoms. The van der Waals surface area contributed by atoms with Crippen LogP contribution in [-0.4, -0.2) is 0 Å². The van der Waals surface area contributed by atoms with Crippen molar-refractivity contribution in [2.75, 3.05) is 0 Å². The van der Waals surface area contributed by atoms with Crippen molar-refractivity contribution in [1.29, 1.82) is 21.0 Å². The maximum absolute atomic E-state index is 10.8. The Kier molecular flexibility index (Phi) is 10.6. The molecule has 9 aromatic rings. The van der Waals surface area contributed by atoms with E-state index in [2.05, 4.69) is 97.1 Å². The molecule has 0 bridgehead atoms. The Morgan fingerprint density at radius 3 is 0.790 bits per heavy atom. The lowest BCUT2D eigenvalue weighted by atomic mass is 9.73. The molecule has 0 saturated heterocycles. The van der Waals surface area contributed by atoms with Crippen molar-refractivity contribution in [3.63, 3.8) is 0 Å². The van der Waals surface area contributed by atoms with Crippen LogP contribution in [0.5, 0.6) is 0 Å². The SMILES string of the molecule is N#Cc1ccc(-c2ccc(-c3c(-c4ccc(-c5ccc(C#N)cc5)cc4)c(-c4ccccc4)c(-c4ccccc4C#N)c(-c4ccccc4C#N)c3-c3ccccc3)cc2)cc1. The minimum absolute atomic E-state index is 0.515. The second-order valence-corrected chi connectivity index (χ2v) is 14.8. The van der Waals surface area contributed by atoms with E-state index < -0.39 is 0 Å². The van der Waals surface area contributed by atoms with E-state index >= 15 is 0 Å². The van der Waals surface area contributed by atoms with Gasteiger partial charge in [-0.25, -0.2) is 0 Å². The molecule has 0 unspecified atom stereocenters. The Bertz CT molecular complexity index is 3040. The Labute approximate surface area is 361 Å². The minimum atomic E-state index is 0.515. The average molecular weight is 787 g/mol. The molecule has 0 spiro atoms. The molecule has 286 valence electrons. The van der Waals surface area contributed by atoms with Crippen LogP contribution in [-0.2, 0) is 0 Å². The van der Waals surface area contributed by atoms with Crippen molar-refractivity contribution in [2.45, 2.75) is 0 Å². The highest BCUT2D eigenvalue weighted by Gasteiger charge is 2.31. The predicted octanol–water partition coefficient (Wildman–Crippen LogP) is 14.5. The molecule has 4 nitrogen and oxygen atoms in total. The number of benzene rings is 9. The van der Waals surface area contributed by atoms with Crippen molar-refractivity contribution in [2.24, 2.45) is 0 Å². The summed E-state index contributed by atoms with van der Waals surface area (Å²) < 4.78 is 0. The van der Waals surface area contributed by atoms with Crippen molar-refractivity contribution < 1.29 is 0 Å². The highest BCUT2D eigenvalue weighted by Crippen LogP contribution is 2.56. The van der Waals surface area contributed by atoms with Gasteiger partial charge in [0.15, 0.2) is 0 Å². The van der Waals surface area contributed by atoms with Gasteiger partial charge in [-0.05, 0) is 114 Å². The van der Waals surface area contributed by atoms with Gasteiger partial charge < -0.3 is 0 Å². The number of hydrogen-bond acceptors (Lipinski definition) is 4. The lowest BCUT2D eigenvalue weighted by Gasteiger charge is -2.29. The molecule has 0 N–H and O–H groups in total. The summed E-state index contributed by atoms with van der Waals surface area (Å²) in [5.74, 6) is 0. The molecule has 0 aliphatic carbocycles. The molecule has 0 radical (unpaired) electrons. The zero-order valence-corrected chi connectivity index (χ0v) is 33.4. The van der Waals surface area contributed by atoms with Crippen LogP contribution >= 0.6 is 0 Å². The molecule has 0 saturated carbocycles. The van der Waals surface area contributed by atoms with Gasteiger partial charge in [-0.3, -0.25) is 0 Å². The van der Waals surface area contributed by atoms with E-state index in [4.69, 9.17) is 0 Å². The van der Waals surface area contributed by atoms with E-state index in [-0.39, 0.29) is 0 Å². The van der Waals surface area contributed by atoms with Gasteiger partial charge in [-0.2, -0.15) is 21.0 Å². The van der Waals surface area contributed by atoms with Gasteiger partial charge in [0.05, 0.1) is 46.5 Å². The fraction of sp³-hybridized carbons (Fsp3) is 0. The first-order valence-electron chi connectivity index (χ1n) is 20.2. The van der Waals surface area contributed by atoms with E-state index in [0.29, 0.717) is 22.3 Å². The van der Waals surface area contributed by atoms with Gasteiger partial charge in [0, 0.05) is 11.1 Å². The highest BCUT2D eigenvalue weighted by atomic mass is 14.3. The van der Waals surface area contributed by atoms with Crippen molar-refractivity contribution in [3.8, 4) is 113 Å². The fourth-order valence-corrected chi connectivity index (χ4v) is 8.38. The van der Waals surface area contributed by atoms with Crippen molar-refractivity contribution in [3.05, 3.63) is 229 Å². The Hall–Kier alpha value is -9.06. The Morgan fingerprint density at radius 2 is 0.468 bits per heavy atom. The largest absolute Gasteiger partial charge is 0.192 e. The minimum Gasteiger partial charge on any atom is -0.192 e. The summed E-state index contributed by atoms with van der Waals surface area (Å²) in [4.78, 5) is 0. The number of nitriles is 4. The van der Waals surface area contributed by atoms with Crippen LogP contribution in [0.2, 0.25) is 0 Å². The second kappa shape index (κ2) is 17.0. The molecule has 9 rings (SSSR count). The van der Waals surface area contributed by atoms with Gasteiger partial charge in [-0.15, -0.1) is 0 Å². The maximum atomic E-state index is 10.8. The summed E-state index contributed by atoms with van der Waals surface area (Å²) in [6.45, 7) is 0. The Morgan fingerprint density at radius 1 is 0.210 bits per heavy atom. The average Bonchev–Trinajstić information content (AvgIpc) is 3.36. The molecular weight excluding hydrogens is 753 g/mol. The van der Waals surface area contributed by atoms with Crippen LogP contribution in [0.25, 0.3) is 89.0 Å². The lowest BCUT2D eigenvalue weighted by Crippen LogP contribution is -2.03. The van der Waals surface area contributed by atoms with Crippen molar-refractivity contribution >= 4 is 0 Å². The standard InChI is InChI=1S/C58H34N4/c59-35-39-19-23-41(24-20-39)43-27-31-47(32-28-43)53-54(48-33-29-44(30-34-48)42-25-21-40(36-60)22-26-42)56(46-13-5-2-6-14-46)58(52-18-10-8-16-50(52)38-62)57(51-17-9-7-15-49(51)37-61)55(53)45-11-3-1-4-12-45/h1-34H. The first kappa shape index (κ1) is 38.5. The molecule has 0 heterocycles. The van der Waals surface area contributed by atoms with Crippen LogP contribution < -0.4 is 0 Å². The van der Waals surface area contributed by atoms with Gasteiger partial charge in [0.1, 0.15) is 0 Å². The normalized spacial score (nSPS) is 10.5. The lowest BCUT2D eigenvalue weighted by molar-refractivity contribution is 1.45. The summed E-state index contributed by atoms with van der Waals surface area (Å²) in [6, 6.07) is 77.8. The molecular formula is C58H34N4. The van der Waals surface area contributed by atoms with Gasteiger partial charge in [0.2, 0.25) is 0 Å². The van der Waals surface area contributed by atoms with Crippen LogP contribution in [0.4, 0.5) is 0 Å². The molecule has 4 heteroatoms. The maximum Gasteiger partial charge on any atom is 0.0998 e. The van der Waals surface area contributed by atoms with Crippen LogP contribution in [0.1, 0.15) is 22.3 Å². The zero-order chi connectivity index (χ0) is 42.4. The zero-order valence-electron chi connectivity index (χ0n) is 33.4. The fourth-order valence-electron chi connectivity index (χ4n) is 8.38. The monoisotopic (exact) mass is 786 g/mol. The topological polar surface area (TPSA) is 95.2 Å². The van der Waals surface area contributed by atoms with E-state index in [9.17, 15) is 21.0 Å². The first-order chi connectivity index (χ1) is 30.6. The van der Waals surface area contributed by atoms with E-state index in [1.807, 2.05) is 133 Å². The Balaban J connectivity index is 1.48. The summed E-state index contributed by atoms with van der Waals surface area (Å²) >= 11 is 0. The highest BCUT2D eigenvalue weighted by molar-refractivity contribution is 6.16. The van der Waals surface area contributed by atoms with Gasteiger partial charge >= 0.3 is 0 Å². The molecule has 0 amide bonds. The quantitative estimate of drug-likeness (QED) is 0.153. The molecule has 0 atom stereocenters. The van der Waals surface area contributed by atoms with Crippen molar-refractivity contribution in [1.82, 2.24) is 0 Å². The molecule has 0 fully saturated rings. The van der Waals surface area contributed by atoms with E-state index in [1.165, 1.54) is 0 Å². The third-order valence-corrected chi connectivity index (χ3v) is 11.3. The van der Waals surface area contributed by atoms with E-state index in [0.717, 1.165) is 89.0 Å². The number of rotatable bonds is 8. The molecule has 0 aromatic heterocycles. The summed E-state index contributed by atoms with van der Waals surface area (Å²) in [5.41, 5.74) is 17.0. The second-order valence-electron chi connectivity index (χ2n) is 14.8. The van der Waals surface area contributed by atoms with Gasteiger partial charge in [-0.1, -0.05) is 170 Å². The summed E-state index contributed by atoms with van der Waals surface area (Å²) in [6.07, 6.45) is 0. The van der Waals surface area contributed by atoms with Crippen LogP contribution in [0, 0.1) is 45.3 Å². The third kappa shape index (κ3) is 7.19. The molecule has 9 aromatic carbocycles. The van der Waals surface area contributed by atoms with Crippen LogP contribution in [0.15, 0.2) is 206 Å². The predicted molar refractivity (Wildman–Crippen MR) is 249 cm³/mol. The van der Waals surface area contributed by atoms with Crippen LogP contribution in [0.3, 0.4) is 0 Å². The number of hydrogen-bond donors (Lipinski definition) is 0. The third-order valence-electron chi connectivity index (χ3n) is 11.3. The van der Waals surface area contributed by atoms with Gasteiger partial charge in [0.25, 0.3) is 0 Å². The van der Waals surface area contributed by atoms with E-state index in [1.54, 1.807) is 0 Å². The first-order valence-corrected chi connectivity index (χ1v) is 20.2. The number of nitrogens with zero attached hydrogens (tertiary/aromatic N) is 4. The molecule has 0 aliphatic heterocycles. The summed E-state index contributed by atoms with van der Waals surface area (Å²) in [5, 5.41) is 40.5. The molecule has 0 aliphatic rings.